The summed E-state index contributed by atoms with van der Waals surface area (Å²) in [5.74, 6) is -3.50. The Balaban J connectivity index is 2.36. The van der Waals surface area contributed by atoms with Crippen LogP contribution in [0.2, 0.25) is 0 Å². The van der Waals surface area contributed by atoms with Gasteiger partial charge in [-0.15, -0.1) is 0 Å². The van der Waals surface area contributed by atoms with Crippen molar-refractivity contribution in [2.24, 2.45) is 5.92 Å². The summed E-state index contributed by atoms with van der Waals surface area (Å²) in [5.41, 5.74) is -0.184. The molecule has 1 aromatic rings. The van der Waals surface area contributed by atoms with E-state index in [0.717, 1.165) is 6.07 Å². The first-order valence-corrected chi connectivity index (χ1v) is 4.95. The van der Waals surface area contributed by atoms with Crippen LogP contribution in [0.4, 0.5) is 4.39 Å². The summed E-state index contributed by atoms with van der Waals surface area (Å²) in [6, 6.07) is 5.37. The van der Waals surface area contributed by atoms with E-state index in [-0.39, 0.29) is 18.4 Å². The van der Waals surface area contributed by atoms with Gasteiger partial charge in [0.25, 0.3) is 0 Å². The molecule has 0 heterocycles. The van der Waals surface area contributed by atoms with Gasteiger partial charge in [0.05, 0.1) is 5.56 Å². The SMILES string of the molecule is O=C1CCC(=O)C1C(=O)c1ccccc1F. The maximum Gasteiger partial charge on any atom is 0.183 e. The lowest BCUT2D eigenvalue weighted by molar-refractivity contribution is -0.125. The summed E-state index contributed by atoms with van der Waals surface area (Å²) >= 11 is 0. The molecule has 0 spiro atoms. The van der Waals surface area contributed by atoms with E-state index in [1.165, 1.54) is 18.2 Å². The Morgan fingerprint density at radius 2 is 1.69 bits per heavy atom. The van der Waals surface area contributed by atoms with Crippen LogP contribution >= 0.6 is 0 Å². The number of rotatable bonds is 2. The first-order chi connectivity index (χ1) is 7.61. The zero-order valence-corrected chi connectivity index (χ0v) is 8.40. The second-order valence-electron chi connectivity index (χ2n) is 3.71. The molecule has 1 aliphatic carbocycles. The molecular formula is C12H9FO3. The van der Waals surface area contributed by atoms with Crippen LogP contribution in [0.1, 0.15) is 23.2 Å². The summed E-state index contributed by atoms with van der Waals surface area (Å²) in [6.45, 7) is 0. The Bertz CT molecular complexity index is 463. The summed E-state index contributed by atoms with van der Waals surface area (Å²) in [4.78, 5) is 34.5. The van der Waals surface area contributed by atoms with E-state index in [1.54, 1.807) is 0 Å². The van der Waals surface area contributed by atoms with Crippen LogP contribution < -0.4 is 0 Å². The highest BCUT2D eigenvalue weighted by Crippen LogP contribution is 2.23. The third kappa shape index (κ3) is 1.66. The maximum absolute atomic E-state index is 13.3. The van der Waals surface area contributed by atoms with Crippen molar-refractivity contribution in [2.45, 2.75) is 12.8 Å². The minimum Gasteiger partial charge on any atom is -0.298 e. The molecule has 0 bridgehead atoms. The number of carbonyl (C=O) groups is 3. The number of carbonyl (C=O) groups excluding carboxylic acids is 3. The smallest absolute Gasteiger partial charge is 0.183 e. The van der Waals surface area contributed by atoms with Crippen molar-refractivity contribution in [3.05, 3.63) is 35.6 Å². The quantitative estimate of drug-likeness (QED) is 0.561. The van der Waals surface area contributed by atoms with Crippen molar-refractivity contribution < 1.29 is 18.8 Å². The number of hydrogen-bond acceptors (Lipinski definition) is 3. The molecule has 0 radical (unpaired) electrons. The van der Waals surface area contributed by atoms with Gasteiger partial charge in [0.1, 0.15) is 11.7 Å². The van der Waals surface area contributed by atoms with Gasteiger partial charge in [0.15, 0.2) is 17.3 Å². The summed E-state index contributed by atoms with van der Waals surface area (Å²) < 4.78 is 13.3. The first kappa shape index (κ1) is 10.7. The van der Waals surface area contributed by atoms with E-state index < -0.39 is 29.1 Å². The van der Waals surface area contributed by atoms with Gasteiger partial charge in [-0.1, -0.05) is 12.1 Å². The molecule has 1 aromatic carbocycles. The van der Waals surface area contributed by atoms with Crippen LogP contribution in [0.15, 0.2) is 24.3 Å². The molecule has 0 atom stereocenters. The molecule has 3 nitrogen and oxygen atoms in total. The Hall–Kier alpha value is -1.84. The van der Waals surface area contributed by atoms with Crippen LogP contribution in [0.5, 0.6) is 0 Å². The molecule has 0 aromatic heterocycles. The largest absolute Gasteiger partial charge is 0.298 e. The van der Waals surface area contributed by atoms with Gasteiger partial charge in [-0.25, -0.2) is 4.39 Å². The summed E-state index contributed by atoms with van der Waals surface area (Å²) in [7, 11) is 0. The van der Waals surface area contributed by atoms with Crippen LogP contribution in [-0.2, 0) is 9.59 Å². The van der Waals surface area contributed by atoms with Crippen molar-refractivity contribution >= 4 is 17.3 Å². The van der Waals surface area contributed by atoms with E-state index in [9.17, 15) is 18.8 Å². The van der Waals surface area contributed by atoms with Gasteiger partial charge < -0.3 is 0 Å². The number of halogens is 1. The Morgan fingerprint density at radius 3 is 2.25 bits per heavy atom. The Kier molecular flexibility index (Phi) is 2.64. The van der Waals surface area contributed by atoms with Crippen molar-refractivity contribution in [3.8, 4) is 0 Å². The topological polar surface area (TPSA) is 51.2 Å². The van der Waals surface area contributed by atoms with Crippen LogP contribution in [0.3, 0.4) is 0 Å². The van der Waals surface area contributed by atoms with Gasteiger partial charge in [-0.2, -0.15) is 0 Å². The molecule has 1 saturated carbocycles. The zero-order chi connectivity index (χ0) is 11.7. The number of Topliss-reactive ketones (excluding diaryl/α,β-unsaturated/α-hetero) is 3. The zero-order valence-electron chi connectivity index (χ0n) is 8.40. The second-order valence-corrected chi connectivity index (χ2v) is 3.71. The lowest BCUT2D eigenvalue weighted by Crippen LogP contribution is -2.25. The third-order valence-corrected chi connectivity index (χ3v) is 2.66. The van der Waals surface area contributed by atoms with Crippen molar-refractivity contribution in [1.29, 1.82) is 0 Å². The average Bonchev–Trinajstić information content (AvgIpc) is 2.58. The van der Waals surface area contributed by atoms with E-state index in [2.05, 4.69) is 0 Å². The molecule has 0 amide bonds. The molecule has 2 rings (SSSR count). The molecular weight excluding hydrogens is 211 g/mol. The number of benzene rings is 1. The minimum atomic E-state index is -1.28. The number of ketones is 3. The average molecular weight is 220 g/mol. The lowest BCUT2D eigenvalue weighted by atomic mass is 9.94. The van der Waals surface area contributed by atoms with Crippen LogP contribution in [0.25, 0.3) is 0 Å². The molecule has 0 N–H and O–H groups in total. The van der Waals surface area contributed by atoms with Crippen molar-refractivity contribution in [2.75, 3.05) is 0 Å². The van der Waals surface area contributed by atoms with E-state index in [1.807, 2.05) is 0 Å². The van der Waals surface area contributed by atoms with E-state index >= 15 is 0 Å². The second kappa shape index (κ2) is 3.96. The van der Waals surface area contributed by atoms with Gasteiger partial charge in [0.2, 0.25) is 0 Å². The highest BCUT2D eigenvalue weighted by Gasteiger charge is 2.39. The van der Waals surface area contributed by atoms with E-state index in [0.29, 0.717) is 0 Å². The molecule has 82 valence electrons. The molecule has 16 heavy (non-hydrogen) atoms. The minimum absolute atomic E-state index is 0.0870. The summed E-state index contributed by atoms with van der Waals surface area (Å²) in [6.07, 6.45) is 0.174. The monoisotopic (exact) mass is 220 g/mol. The molecule has 0 aliphatic heterocycles. The molecule has 0 unspecified atom stereocenters. The van der Waals surface area contributed by atoms with Crippen molar-refractivity contribution in [1.82, 2.24) is 0 Å². The van der Waals surface area contributed by atoms with Gasteiger partial charge in [-0.05, 0) is 12.1 Å². The predicted octanol–water partition coefficient (Wildman–Crippen LogP) is 1.56. The lowest BCUT2D eigenvalue weighted by Gasteiger charge is -2.06. The van der Waals surface area contributed by atoms with Crippen LogP contribution in [0, 0.1) is 11.7 Å². The molecule has 1 fully saturated rings. The standard InChI is InChI=1S/C12H9FO3/c13-8-4-2-1-3-7(8)12(16)11-9(14)5-6-10(11)15/h1-4,11H,5-6H2. The van der Waals surface area contributed by atoms with E-state index in [4.69, 9.17) is 0 Å². The normalized spacial score (nSPS) is 16.8. The Morgan fingerprint density at radius 1 is 1.12 bits per heavy atom. The fraction of sp³-hybridized carbons (Fsp3) is 0.250. The van der Waals surface area contributed by atoms with Gasteiger partial charge in [-0.3, -0.25) is 14.4 Å². The maximum atomic E-state index is 13.3. The fourth-order valence-corrected chi connectivity index (χ4v) is 1.82. The fourth-order valence-electron chi connectivity index (χ4n) is 1.82. The third-order valence-electron chi connectivity index (χ3n) is 2.66. The van der Waals surface area contributed by atoms with Crippen molar-refractivity contribution in [3.63, 3.8) is 0 Å². The molecule has 1 aliphatic rings. The van der Waals surface area contributed by atoms with Crippen LogP contribution in [-0.4, -0.2) is 17.3 Å². The summed E-state index contributed by atoms with van der Waals surface area (Å²) in [5, 5.41) is 0. The molecule has 4 heteroatoms. The number of hydrogen-bond donors (Lipinski definition) is 0. The predicted molar refractivity (Wildman–Crippen MR) is 53.5 cm³/mol. The Labute approximate surface area is 91.3 Å². The first-order valence-electron chi connectivity index (χ1n) is 4.95. The molecule has 0 saturated heterocycles. The highest BCUT2D eigenvalue weighted by atomic mass is 19.1. The van der Waals surface area contributed by atoms with Gasteiger partial charge >= 0.3 is 0 Å². The highest BCUT2D eigenvalue weighted by molar-refractivity contribution is 6.27. The van der Waals surface area contributed by atoms with Gasteiger partial charge in [0, 0.05) is 12.8 Å².